The van der Waals surface area contributed by atoms with Gasteiger partial charge in [-0.2, -0.15) is 0 Å². The largest absolute Gasteiger partial charge is 0.467 e. The summed E-state index contributed by atoms with van der Waals surface area (Å²) in [7, 11) is 1.29. The van der Waals surface area contributed by atoms with Crippen molar-refractivity contribution in [1.29, 1.82) is 0 Å². The van der Waals surface area contributed by atoms with Crippen LogP contribution in [0, 0.1) is 0 Å². The average molecular weight is 376 g/mol. The molecular formula is C18H20N2O5S. The third kappa shape index (κ3) is 2.68. The number of para-hydroxylation sites is 1. The molecule has 0 saturated carbocycles. The van der Waals surface area contributed by atoms with Gasteiger partial charge in [0.25, 0.3) is 11.8 Å². The Labute approximate surface area is 155 Å². The lowest BCUT2D eigenvalue weighted by Gasteiger charge is -2.48. The third-order valence-corrected chi connectivity index (χ3v) is 6.23. The van der Waals surface area contributed by atoms with Crippen LogP contribution in [0.1, 0.15) is 20.8 Å². The highest BCUT2D eigenvalue weighted by Crippen LogP contribution is 2.52. The molecule has 1 aromatic rings. The number of thioether (sulfide) groups is 1. The van der Waals surface area contributed by atoms with Crippen LogP contribution in [0.4, 0.5) is 5.69 Å². The van der Waals surface area contributed by atoms with Crippen molar-refractivity contribution in [3.8, 4) is 0 Å². The molecule has 2 aliphatic heterocycles. The first-order chi connectivity index (χ1) is 12.2. The highest BCUT2D eigenvalue weighted by molar-refractivity contribution is 8.01. The highest BCUT2D eigenvalue weighted by Gasteiger charge is 2.66. The molecule has 0 N–H and O–H groups in total. The molecule has 2 fully saturated rings. The van der Waals surface area contributed by atoms with Gasteiger partial charge in [0, 0.05) is 17.4 Å². The van der Waals surface area contributed by atoms with Crippen LogP contribution in [0.15, 0.2) is 30.3 Å². The van der Waals surface area contributed by atoms with Crippen LogP contribution < -0.4 is 4.90 Å². The maximum absolute atomic E-state index is 12.9. The summed E-state index contributed by atoms with van der Waals surface area (Å²) in [6.07, 6.45) is 0. The van der Waals surface area contributed by atoms with E-state index in [1.54, 1.807) is 30.3 Å². The van der Waals surface area contributed by atoms with E-state index in [1.165, 1.54) is 35.6 Å². The molecule has 0 unspecified atom stereocenters. The number of ketones is 1. The number of anilines is 1. The number of amides is 2. The summed E-state index contributed by atoms with van der Waals surface area (Å²) in [5, 5.41) is -0.412. The molecule has 2 amide bonds. The van der Waals surface area contributed by atoms with Crippen molar-refractivity contribution in [3.63, 3.8) is 0 Å². The van der Waals surface area contributed by atoms with E-state index in [2.05, 4.69) is 0 Å². The summed E-state index contributed by atoms with van der Waals surface area (Å²) in [5.74, 6) is -2.23. The molecule has 1 aromatic carbocycles. The van der Waals surface area contributed by atoms with Gasteiger partial charge in [-0.05, 0) is 26.0 Å². The van der Waals surface area contributed by atoms with Gasteiger partial charge in [-0.3, -0.25) is 19.3 Å². The minimum atomic E-state index is -0.826. The van der Waals surface area contributed by atoms with Crippen molar-refractivity contribution in [2.75, 3.05) is 12.0 Å². The molecule has 138 valence electrons. The van der Waals surface area contributed by atoms with Crippen LogP contribution in [-0.4, -0.2) is 57.8 Å². The molecule has 2 saturated heterocycles. The fourth-order valence-corrected chi connectivity index (χ4v) is 5.15. The van der Waals surface area contributed by atoms with Gasteiger partial charge >= 0.3 is 5.97 Å². The number of methoxy groups -OCH3 is 1. The van der Waals surface area contributed by atoms with Gasteiger partial charge in [0.05, 0.1) is 7.11 Å². The average Bonchev–Trinajstić information content (AvgIpc) is 2.86. The quantitative estimate of drug-likeness (QED) is 0.446. The normalized spacial score (nSPS) is 25.9. The molecule has 2 heterocycles. The number of fused-ring (bicyclic) bond motifs is 1. The van der Waals surface area contributed by atoms with Crippen molar-refractivity contribution >= 4 is 41.0 Å². The van der Waals surface area contributed by atoms with Crippen LogP contribution in [0.25, 0.3) is 0 Å². The van der Waals surface area contributed by atoms with Crippen LogP contribution in [0.3, 0.4) is 0 Å². The summed E-state index contributed by atoms with van der Waals surface area (Å²) >= 11 is 1.43. The molecule has 0 aromatic heterocycles. The Morgan fingerprint density at radius 3 is 2.35 bits per heavy atom. The second-order valence-electron chi connectivity index (χ2n) is 6.79. The van der Waals surface area contributed by atoms with E-state index < -0.39 is 39.9 Å². The fourth-order valence-electron chi connectivity index (χ4n) is 3.49. The summed E-state index contributed by atoms with van der Waals surface area (Å²) < 4.78 is 4.29. The maximum atomic E-state index is 12.9. The van der Waals surface area contributed by atoms with Gasteiger partial charge in [0.1, 0.15) is 17.5 Å². The summed E-state index contributed by atoms with van der Waals surface area (Å²) in [6, 6.07) is 7.07. The first-order valence-electron chi connectivity index (χ1n) is 8.17. The number of nitrogens with zero attached hydrogens (tertiary/aromatic N) is 2. The molecule has 3 rings (SSSR count). The van der Waals surface area contributed by atoms with Gasteiger partial charge in [0.15, 0.2) is 0 Å². The second kappa shape index (κ2) is 6.42. The van der Waals surface area contributed by atoms with Gasteiger partial charge in [-0.1, -0.05) is 18.2 Å². The van der Waals surface area contributed by atoms with Gasteiger partial charge < -0.3 is 9.64 Å². The monoisotopic (exact) mass is 376 g/mol. The number of benzene rings is 1. The predicted octanol–water partition coefficient (Wildman–Crippen LogP) is 1.21. The first-order valence-corrected chi connectivity index (χ1v) is 9.05. The SMILES string of the molecule is COC(=O)[C@@H]1N2C(=O)[C@@H](N(C(=O)C(C)=O)c3ccccc3)[C@H]2SC1(C)C. The van der Waals surface area contributed by atoms with Crippen LogP contribution >= 0.6 is 11.8 Å². The number of rotatable bonds is 4. The second-order valence-corrected chi connectivity index (χ2v) is 8.57. The fraction of sp³-hybridized carbons (Fsp3) is 0.444. The molecule has 26 heavy (non-hydrogen) atoms. The minimum Gasteiger partial charge on any atom is -0.467 e. The van der Waals surface area contributed by atoms with E-state index in [4.69, 9.17) is 4.74 Å². The number of Topliss-reactive ketones (excluding diaryl/α,β-unsaturated/α-hetero) is 1. The van der Waals surface area contributed by atoms with Crippen molar-refractivity contribution in [2.24, 2.45) is 0 Å². The summed E-state index contributed by atoms with van der Waals surface area (Å²) in [6.45, 7) is 4.91. The Balaban J connectivity index is 1.99. The Kier molecular flexibility index (Phi) is 4.56. The van der Waals surface area contributed by atoms with Gasteiger partial charge in [0.2, 0.25) is 5.78 Å². The standard InChI is InChI=1S/C18H20N2O5S/c1-10(21)14(22)19(11-8-6-5-7-9-11)12-15(23)20-13(17(24)25-4)18(2,3)26-16(12)20/h5-9,12-13,16H,1-4H3/t12-,13+,16-/m1/s1. The number of esters is 1. The third-order valence-electron chi connectivity index (χ3n) is 4.67. The number of hydrogen-bond donors (Lipinski definition) is 0. The van der Waals surface area contributed by atoms with Gasteiger partial charge in [-0.25, -0.2) is 4.79 Å². The van der Waals surface area contributed by atoms with E-state index >= 15 is 0 Å². The zero-order chi connectivity index (χ0) is 19.2. The minimum absolute atomic E-state index is 0.359. The molecule has 0 radical (unpaired) electrons. The van der Waals surface area contributed by atoms with Gasteiger partial charge in [-0.15, -0.1) is 11.8 Å². The predicted molar refractivity (Wildman–Crippen MR) is 96.5 cm³/mol. The molecule has 3 atom stereocenters. The van der Waals surface area contributed by atoms with Crippen molar-refractivity contribution in [3.05, 3.63) is 30.3 Å². The Bertz CT molecular complexity index is 779. The number of β-lactam (4-membered cyclic amide) rings is 1. The molecular weight excluding hydrogens is 356 g/mol. The summed E-state index contributed by atoms with van der Waals surface area (Å²) in [5.41, 5.74) is 0.477. The molecule has 0 aliphatic carbocycles. The topological polar surface area (TPSA) is 84.0 Å². The maximum Gasteiger partial charge on any atom is 0.330 e. The van der Waals surface area contributed by atoms with E-state index in [0.717, 1.165) is 0 Å². The highest BCUT2D eigenvalue weighted by atomic mass is 32.2. The van der Waals surface area contributed by atoms with E-state index in [9.17, 15) is 19.2 Å². The van der Waals surface area contributed by atoms with E-state index in [0.29, 0.717) is 5.69 Å². The molecule has 8 heteroatoms. The molecule has 0 spiro atoms. The van der Waals surface area contributed by atoms with Crippen molar-refractivity contribution < 1.29 is 23.9 Å². The van der Waals surface area contributed by atoms with E-state index in [-0.39, 0.29) is 5.91 Å². The van der Waals surface area contributed by atoms with Crippen LogP contribution in [0.5, 0.6) is 0 Å². The lowest BCUT2D eigenvalue weighted by Crippen LogP contribution is -2.72. The van der Waals surface area contributed by atoms with E-state index in [1.807, 2.05) is 13.8 Å². The molecule has 2 aliphatic rings. The van der Waals surface area contributed by atoms with Crippen LogP contribution in [0.2, 0.25) is 0 Å². The lowest BCUT2D eigenvalue weighted by atomic mass is 9.94. The summed E-state index contributed by atoms with van der Waals surface area (Å²) in [4.78, 5) is 52.1. The Hall–Kier alpha value is -2.35. The number of hydrogen-bond acceptors (Lipinski definition) is 6. The zero-order valence-electron chi connectivity index (χ0n) is 15.0. The number of carbonyl (C=O) groups is 4. The Morgan fingerprint density at radius 1 is 1.19 bits per heavy atom. The zero-order valence-corrected chi connectivity index (χ0v) is 15.8. The number of ether oxygens (including phenoxy) is 1. The Morgan fingerprint density at radius 2 is 1.81 bits per heavy atom. The van der Waals surface area contributed by atoms with Crippen molar-refractivity contribution in [1.82, 2.24) is 4.90 Å². The smallest absolute Gasteiger partial charge is 0.330 e. The van der Waals surface area contributed by atoms with Crippen LogP contribution in [-0.2, 0) is 23.9 Å². The lowest BCUT2D eigenvalue weighted by molar-refractivity contribution is -0.161. The molecule has 0 bridgehead atoms. The first kappa shape index (κ1) is 18.4. The number of carbonyl (C=O) groups excluding carboxylic acids is 4. The van der Waals surface area contributed by atoms with Crippen molar-refractivity contribution in [2.45, 2.75) is 43.0 Å². The molecule has 7 nitrogen and oxygen atoms in total.